The lowest BCUT2D eigenvalue weighted by Crippen LogP contribution is -2.50. The highest BCUT2D eigenvalue weighted by Crippen LogP contribution is 2.34. The second-order valence-corrected chi connectivity index (χ2v) is 4.78. The van der Waals surface area contributed by atoms with Crippen LogP contribution in [0.3, 0.4) is 0 Å². The van der Waals surface area contributed by atoms with Gasteiger partial charge >= 0.3 is 0 Å². The molecule has 1 aromatic rings. The Bertz CT molecular complexity index is 472. The third-order valence-electron chi connectivity index (χ3n) is 3.54. The zero-order chi connectivity index (χ0) is 13.2. The molecule has 2 heterocycles. The minimum Gasteiger partial charge on any atom is -0.386 e. The summed E-state index contributed by atoms with van der Waals surface area (Å²) < 4.78 is 16.6. The number of hydrogen-bond donors (Lipinski definition) is 1. The van der Waals surface area contributed by atoms with Crippen molar-refractivity contribution in [3.05, 3.63) is 35.9 Å². The van der Waals surface area contributed by atoms with Crippen LogP contribution in [0.25, 0.3) is 0 Å². The van der Waals surface area contributed by atoms with Crippen LogP contribution in [0.1, 0.15) is 5.56 Å². The quantitative estimate of drug-likeness (QED) is 0.872. The van der Waals surface area contributed by atoms with Crippen LogP contribution in [0.4, 0.5) is 0 Å². The van der Waals surface area contributed by atoms with Gasteiger partial charge in [0.2, 0.25) is 0 Å². The summed E-state index contributed by atoms with van der Waals surface area (Å²) in [5.74, 6) is -0.616. The van der Waals surface area contributed by atoms with Crippen LogP contribution in [0.15, 0.2) is 30.3 Å². The van der Waals surface area contributed by atoms with E-state index in [1.807, 2.05) is 30.3 Å². The van der Waals surface area contributed by atoms with Crippen molar-refractivity contribution in [1.29, 1.82) is 5.26 Å². The first-order valence-corrected chi connectivity index (χ1v) is 6.30. The Morgan fingerprint density at radius 3 is 2.89 bits per heavy atom. The molecule has 0 aliphatic carbocycles. The first-order valence-electron chi connectivity index (χ1n) is 6.30. The monoisotopic (exact) mass is 261 g/mol. The molecule has 5 heteroatoms. The second kappa shape index (κ2) is 5.27. The number of aliphatic hydroxyl groups excluding tert-OH is 1. The normalized spacial score (nSPS) is 36.9. The second-order valence-electron chi connectivity index (χ2n) is 4.78. The average Bonchev–Trinajstić information content (AvgIpc) is 2.89. The zero-order valence-corrected chi connectivity index (χ0v) is 10.3. The topological polar surface area (TPSA) is 71.7 Å². The lowest BCUT2D eigenvalue weighted by Gasteiger charge is -2.34. The van der Waals surface area contributed by atoms with Crippen molar-refractivity contribution in [3.63, 3.8) is 0 Å². The SMILES string of the molecule is N#C[C@@H]1[C@@H](O)[C@@H]2OC[C@@H](O2)[C@@H]1OCc1ccccc1. The van der Waals surface area contributed by atoms with Gasteiger partial charge in [-0.05, 0) is 5.56 Å². The van der Waals surface area contributed by atoms with Gasteiger partial charge in [-0.25, -0.2) is 0 Å². The summed E-state index contributed by atoms with van der Waals surface area (Å²) in [6.07, 6.45) is -2.38. The molecule has 0 amide bonds. The van der Waals surface area contributed by atoms with Crippen molar-refractivity contribution < 1.29 is 19.3 Å². The van der Waals surface area contributed by atoms with Crippen molar-refractivity contribution >= 4 is 0 Å². The molecule has 2 aliphatic heterocycles. The Hall–Kier alpha value is -1.45. The summed E-state index contributed by atoms with van der Waals surface area (Å²) >= 11 is 0. The molecule has 2 fully saturated rings. The van der Waals surface area contributed by atoms with E-state index in [2.05, 4.69) is 6.07 Å². The van der Waals surface area contributed by atoms with Gasteiger partial charge in [0.1, 0.15) is 24.2 Å². The van der Waals surface area contributed by atoms with Gasteiger partial charge in [-0.3, -0.25) is 0 Å². The Morgan fingerprint density at radius 1 is 1.37 bits per heavy atom. The van der Waals surface area contributed by atoms with Crippen LogP contribution in [0, 0.1) is 17.2 Å². The molecule has 0 spiro atoms. The van der Waals surface area contributed by atoms with Gasteiger partial charge in [0.15, 0.2) is 6.29 Å². The van der Waals surface area contributed by atoms with Gasteiger partial charge in [-0.2, -0.15) is 5.26 Å². The first-order chi connectivity index (χ1) is 9.29. The van der Waals surface area contributed by atoms with Crippen LogP contribution < -0.4 is 0 Å². The molecule has 2 saturated heterocycles. The van der Waals surface area contributed by atoms with Crippen LogP contribution in [0.5, 0.6) is 0 Å². The molecule has 1 aromatic carbocycles. The fourth-order valence-corrected chi connectivity index (χ4v) is 2.51. The van der Waals surface area contributed by atoms with Crippen LogP contribution in [-0.2, 0) is 20.8 Å². The summed E-state index contributed by atoms with van der Waals surface area (Å²) in [5, 5.41) is 19.2. The van der Waals surface area contributed by atoms with E-state index in [0.29, 0.717) is 13.2 Å². The summed E-state index contributed by atoms with van der Waals surface area (Å²) in [6.45, 7) is 0.750. The highest BCUT2D eigenvalue weighted by Gasteiger charge is 2.51. The average molecular weight is 261 g/mol. The Labute approximate surface area is 111 Å². The maximum absolute atomic E-state index is 9.97. The molecular weight excluding hydrogens is 246 g/mol. The Morgan fingerprint density at radius 2 is 2.16 bits per heavy atom. The molecule has 0 radical (unpaired) electrons. The molecule has 3 rings (SSSR count). The Kier molecular flexibility index (Phi) is 3.49. The molecule has 2 aliphatic rings. The molecule has 0 aromatic heterocycles. The van der Waals surface area contributed by atoms with E-state index in [9.17, 15) is 10.4 Å². The summed E-state index contributed by atoms with van der Waals surface area (Å²) in [6, 6.07) is 11.8. The van der Waals surface area contributed by atoms with Crippen molar-refractivity contribution in [2.45, 2.75) is 31.2 Å². The summed E-state index contributed by atoms with van der Waals surface area (Å²) in [7, 11) is 0. The minimum atomic E-state index is -0.954. The van der Waals surface area contributed by atoms with Gasteiger partial charge in [0.05, 0.1) is 19.3 Å². The first kappa shape index (κ1) is 12.6. The van der Waals surface area contributed by atoms with Gasteiger partial charge < -0.3 is 19.3 Å². The van der Waals surface area contributed by atoms with Crippen LogP contribution in [-0.4, -0.2) is 36.3 Å². The van der Waals surface area contributed by atoms with E-state index in [4.69, 9.17) is 14.2 Å². The number of benzene rings is 1. The molecular formula is C14H15NO4. The van der Waals surface area contributed by atoms with Gasteiger partial charge in [-0.15, -0.1) is 0 Å². The lowest BCUT2D eigenvalue weighted by molar-refractivity contribution is -0.210. The smallest absolute Gasteiger partial charge is 0.185 e. The lowest BCUT2D eigenvalue weighted by atomic mass is 9.91. The highest BCUT2D eigenvalue weighted by atomic mass is 16.7. The maximum atomic E-state index is 9.97. The standard InChI is InChI=1S/C14H15NO4/c15-6-10-12(16)14-18-8-11(19-14)13(10)17-7-9-4-2-1-3-5-9/h1-5,10-14,16H,7-8H2/t10-,11-,12-,13-,14-/m1/s1. The molecule has 19 heavy (non-hydrogen) atoms. The number of rotatable bonds is 3. The maximum Gasteiger partial charge on any atom is 0.185 e. The Balaban J connectivity index is 1.70. The van der Waals surface area contributed by atoms with E-state index in [-0.39, 0.29) is 6.10 Å². The molecule has 2 bridgehead atoms. The predicted molar refractivity (Wildman–Crippen MR) is 64.7 cm³/mol. The minimum absolute atomic E-state index is 0.276. The number of aliphatic hydroxyl groups is 1. The molecule has 5 nitrogen and oxygen atoms in total. The zero-order valence-electron chi connectivity index (χ0n) is 10.3. The van der Waals surface area contributed by atoms with E-state index < -0.39 is 24.4 Å². The number of hydrogen-bond acceptors (Lipinski definition) is 5. The number of ether oxygens (including phenoxy) is 3. The molecule has 0 unspecified atom stereocenters. The third-order valence-corrected chi connectivity index (χ3v) is 3.54. The van der Waals surface area contributed by atoms with Crippen molar-refractivity contribution in [2.75, 3.05) is 6.61 Å². The third kappa shape index (κ3) is 2.36. The number of nitrogens with zero attached hydrogens (tertiary/aromatic N) is 1. The number of nitriles is 1. The van der Waals surface area contributed by atoms with E-state index in [1.165, 1.54) is 0 Å². The van der Waals surface area contributed by atoms with Crippen molar-refractivity contribution in [3.8, 4) is 6.07 Å². The predicted octanol–water partition coefficient (Wildman–Crippen LogP) is 0.828. The fourth-order valence-electron chi connectivity index (χ4n) is 2.51. The van der Waals surface area contributed by atoms with Crippen LogP contribution >= 0.6 is 0 Å². The van der Waals surface area contributed by atoms with Gasteiger partial charge in [-0.1, -0.05) is 30.3 Å². The van der Waals surface area contributed by atoms with Crippen molar-refractivity contribution in [2.24, 2.45) is 5.92 Å². The molecule has 0 saturated carbocycles. The van der Waals surface area contributed by atoms with Gasteiger partial charge in [0.25, 0.3) is 0 Å². The highest BCUT2D eigenvalue weighted by molar-refractivity contribution is 5.14. The molecule has 5 atom stereocenters. The number of fused-ring (bicyclic) bond motifs is 2. The summed E-state index contributed by atoms with van der Waals surface area (Å²) in [4.78, 5) is 0. The van der Waals surface area contributed by atoms with E-state index in [0.717, 1.165) is 5.56 Å². The fraction of sp³-hybridized carbons (Fsp3) is 0.500. The van der Waals surface area contributed by atoms with Crippen molar-refractivity contribution in [1.82, 2.24) is 0 Å². The largest absolute Gasteiger partial charge is 0.386 e. The van der Waals surface area contributed by atoms with E-state index >= 15 is 0 Å². The summed E-state index contributed by atoms with van der Waals surface area (Å²) in [5.41, 5.74) is 1.02. The molecule has 100 valence electrons. The van der Waals surface area contributed by atoms with E-state index in [1.54, 1.807) is 0 Å². The van der Waals surface area contributed by atoms with Gasteiger partial charge in [0, 0.05) is 0 Å². The molecule has 1 N–H and O–H groups in total. The van der Waals surface area contributed by atoms with Crippen LogP contribution in [0.2, 0.25) is 0 Å².